The number of benzene rings is 1. The Morgan fingerprint density at radius 1 is 1.15 bits per heavy atom. The van der Waals surface area contributed by atoms with Gasteiger partial charge in [0.25, 0.3) is 5.91 Å². The van der Waals surface area contributed by atoms with Gasteiger partial charge in [0.1, 0.15) is 0 Å². The highest BCUT2D eigenvalue weighted by atomic mass is 16.5. The summed E-state index contributed by atoms with van der Waals surface area (Å²) in [7, 11) is 3.48. The zero-order chi connectivity index (χ0) is 19.0. The van der Waals surface area contributed by atoms with E-state index >= 15 is 0 Å². The van der Waals surface area contributed by atoms with Crippen molar-refractivity contribution in [3.8, 4) is 0 Å². The molecule has 2 aromatic heterocycles. The van der Waals surface area contributed by atoms with Crippen LogP contribution in [0.4, 0.5) is 11.4 Å². The van der Waals surface area contributed by atoms with Crippen LogP contribution in [-0.2, 0) is 18.8 Å². The smallest absolute Gasteiger partial charge is 0.328 e. The summed E-state index contributed by atoms with van der Waals surface area (Å²) in [4.78, 5) is 31.2. The molecule has 0 saturated carbocycles. The van der Waals surface area contributed by atoms with Gasteiger partial charge in [0.15, 0.2) is 0 Å². The van der Waals surface area contributed by atoms with Gasteiger partial charge in [-0.2, -0.15) is 0 Å². The molecule has 1 N–H and O–H groups in total. The van der Waals surface area contributed by atoms with Crippen LogP contribution in [0.2, 0.25) is 0 Å². The van der Waals surface area contributed by atoms with Gasteiger partial charge in [0, 0.05) is 39.6 Å². The van der Waals surface area contributed by atoms with E-state index < -0.39 is 0 Å². The zero-order valence-corrected chi connectivity index (χ0v) is 15.3. The van der Waals surface area contributed by atoms with Crippen LogP contribution in [0.3, 0.4) is 0 Å². The lowest BCUT2D eigenvalue weighted by molar-refractivity contribution is 0.102. The number of morpholine rings is 1. The Labute approximate surface area is 156 Å². The van der Waals surface area contributed by atoms with Crippen molar-refractivity contribution < 1.29 is 9.53 Å². The molecule has 0 spiro atoms. The molecule has 3 heterocycles. The second kappa shape index (κ2) is 6.88. The fourth-order valence-corrected chi connectivity index (χ4v) is 3.39. The van der Waals surface area contributed by atoms with Crippen LogP contribution in [0.15, 0.2) is 41.5 Å². The van der Waals surface area contributed by atoms with Crippen LogP contribution in [-0.4, -0.2) is 46.3 Å². The standard InChI is InChI=1S/C19H21N5O3/c1-22-16-10-14(21-18(25)13-4-3-5-20-12-13)15(24-6-8-27-9-7-24)11-17(16)23(2)19(22)26/h3-5,10-12H,6-9H2,1-2H3,(H,21,25). The van der Waals surface area contributed by atoms with Crippen molar-refractivity contribution in [2.75, 3.05) is 36.5 Å². The molecule has 0 bridgehead atoms. The highest BCUT2D eigenvalue weighted by molar-refractivity contribution is 6.07. The largest absolute Gasteiger partial charge is 0.378 e. The molecule has 4 rings (SSSR count). The van der Waals surface area contributed by atoms with Crippen LogP contribution in [0, 0.1) is 0 Å². The number of imidazole rings is 1. The fraction of sp³-hybridized carbons (Fsp3) is 0.316. The van der Waals surface area contributed by atoms with E-state index in [0.717, 1.165) is 29.8 Å². The molecule has 1 fully saturated rings. The lowest BCUT2D eigenvalue weighted by atomic mass is 10.1. The maximum atomic E-state index is 12.7. The van der Waals surface area contributed by atoms with Crippen LogP contribution < -0.4 is 15.9 Å². The summed E-state index contributed by atoms with van der Waals surface area (Å²) in [5.74, 6) is -0.238. The van der Waals surface area contributed by atoms with Crippen molar-refractivity contribution in [3.05, 3.63) is 52.7 Å². The van der Waals surface area contributed by atoms with Crippen molar-refractivity contribution in [3.63, 3.8) is 0 Å². The summed E-state index contributed by atoms with van der Waals surface area (Å²) in [5.41, 5.74) is 3.51. The quantitative estimate of drug-likeness (QED) is 0.756. The SMILES string of the molecule is Cn1c(=O)n(C)c2cc(N3CCOCC3)c(NC(=O)c3cccnc3)cc21. The highest BCUT2D eigenvalue weighted by Gasteiger charge is 2.20. The van der Waals surface area contributed by atoms with Gasteiger partial charge in [0.05, 0.1) is 41.2 Å². The summed E-state index contributed by atoms with van der Waals surface area (Å²) >= 11 is 0. The topological polar surface area (TPSA) is 81.4 Å². The number of rotatable bonds is 3. The van der Waals surface area contributed by atoms with Gasteiger partial charge in [-0.15, -0.1) is 0 Å². The number of nitrogens with one attached hydrogen (secondary N) is 1. The van der Waals surface area contributed by atoms with Crippen molar-refractivity contribution in [2.45, 2.75) is 0 Å². The number of anilines is 2. The first-order valence-corrected chi connectivity index (χ1v) is 8.80. The number of pyridine rings is 1. The second-order valence-corrected chi connectivity index (χ2v) is 6.55. The Kier molecular flexibility index (Phi) is 4.41. The van der Waals surface area contributed by atoms with Crippen molar-refractivity contribution in [2.24, 2.45) is 14.1 Å². The van der Waals surface area contributed by atoms with Crippen LogP contribution >= 0.6 is 0 Å². The predicted molar refractivity (Wildman–Crippen MR) is 103 cm³/mol. The third kappa shape index (κ3) is 3.08. The molecule has 1 amide bonds. The Morgan fingerprint density at radius 2 is 1.85 bits per heavy atom. The second-order valence-electron chi connectivity index (χ2n) is 6.55. The third-order valence-electron chi connectivity index (χ3n) is 4.91. The van der Waals surface area contributed by atoms with E-state index in [1.54, 1.807) is 41.6 Å². The monoisotopic (exact) mass is 367 g/mol. The number of carbonyl (C=O) groups is 1. The van der Waals surface area contributed by atoms with Crippen LogP contribution in [0.25, 0.3) is 11.0 Å². The summed E-state index contributed by atoms with van der Waals surface area (Å²) < 4.78 is 8.65. The van der Waals surface area contributed by atoms with E-state index in [0.29, 0.717) is 24.5 Å². The minimum absolute atomic E-state index is 0.103. The fourth-order valence-electron chi connectivity index (χ4n) is 3.39. The van der Waals surface area contributed by atoms with Gasteiger partial charge in [-0.05, 0) is 24.3 Å². The molecule has 1 aromatic carbocycles. The Morgan fingerprint density at radius 3 is 2.52 bits per heavy atom. The van der Waals surface area contributed by atoms with Gasteiger partial charge in [-0.1, -0.05) is 0 Å². The van der Waals surface area contributed by atoms with E-state index in [1.807, 2.05) is 12.1 Å². The normalized spacial score (nSPS) is 14.5. The Hall–Kier alpha value is -3.13. The molecule has 3 aromatic rings. The number of fused-ring (bicyclic) bond motifs is 1. The highest BCUT2D eigenvalue weighted by Crippen LogP contribution is 2.32. The number of hydrogen-bond acceptors (Lipinski definition) is 5. The van der Waals surface area contributed by atoms with E-state index in [1.165, 1.54) is 6.20 Å². The summed E-state index contributed by atoms with van der Waals surface area (Å²) in [6.07, 6.45) is 3.16. The maximum Gasteiger partial charge on any atom is 0.328 e. The average Bonchev–Trinajstić information content (AvgIpc) is 2.92. The van der Waals surface area contributed by atoms with Crippen molar-refractivity contribution in [1.29, 1.82) is 0 Å². The maximum absolute atomic E-state index is 12.7. The summed E-state index contributed by atoms with van der Waals surface area (Å²) in [6.45, 7) is 2.70. The Balaban J connectivity index is 1.82. The molecule has 0 radical (unpaired) electrons. The molecular weight excluding hydrogens is 346 g/mol. The zero-order valence-electron chi connectivity index (χ0n) is 15.3. The number of aryl methyl sites for hydroxylation is 2. The van der Waals surface area contributed by atoms with Crippen LogP contribution in [0.1, 0.15) is 10.4 Å². The first kappa shape index (κ1) is 17.3. The molecule has 0 aliphatic carbocycles. The molecular formula is C19H21N5O3. The summed E-state index contributed by atoms with van der Waals surface area (Å²) in [5, 5.41) is 2.99. The van der Waals surface area contributed by atoms with Gasteiger partial charge >= 0.3 is 5.69 Å². The van der Waals surface area contributed by atoms with Gasteiger partial charge in [0.2, 0.25) is 0 Å². The molecule has 1 saturated heterocycles. The van der Waals surface area contributed by atoms with E-state index in [-0.39, 0.29) is 11.6 Å². The van der Waals surface area contributed by atoms with E-state index in [4.69, 9.17) is 4.74 Å². The molecule has 140 valence electrons. The van der Waals surface area contributed by atoms with E-state index in [9.17, 15) is 9.59 Å². The third-order valence-corrected chi connectivity index (χ3v) is 4.91. The number of hydrogen-bond donors (Lipinski definition) is 1. The van der Waals surface area contributed by atoms with Gasteiger partial charge in [-0.25, -0.2) is 4.79 Å². The molecule has 1 aliphatic heterocycles. The number of amides is 1. The first-order chi connectivity index (χ1) is 13.1. The van der Waals surface area contributed by atoms with Crippen molar-refractivity contribution >= 4 is 28.3 Å². The predicted octanol–water partition coefficient (Wildman–Crippen LogP) is 1.36. The molecule has 8 heteroatoms. The molecule has 0 unspecified atom stereocenters. The first-order valence-electron chi connectivity index (χ1n) is 8.80. The van der Waals surface area contributed by atoms with Crippen molar-refractivity contribution in [1.82, 2.24) is 14.1 Å². The Bertz CT molecular complexity index is 1050. The molecule has 1 aliphatic rings. The molecule has 8 nitrogen and oxygen atoms in total. The number of aromatic nitrogens is 3. The average molecular weight is 367 g/mol. The number of ether oxygens (including phenoxy) is 1. The number of nitrogens with zero attached hydrogens (tertiary/aromatic N) is 4. The molecule has 27 heavy (non-hydrogen) atoms. The van der Waals surface area contributed by atoms with E-state index in [2.05, 4.69) is 15.2 Å². The minimum Gasteiger partial charge on any atom is -0.378 e. The van der Waals surface area contributed by atoms with Gasteiger partial charge in [-0.3, -0.25) is 18.9 Å². The van der Waals surface area contributed by atoms with Crippen LogP contribution in [0.5, 0.6) is 0 Å². The lowest BCUT2D eigenvalue weighted by Gasteiger charge is -2.30. The number of carbonyl (C=O) groups excluding carboxylic acids is 1. The van der Waals surface area contributed by atoms with Gasteiger partial charge < -0.3 is 15.0 Å². The minimum atomic E-state index is -0.238. The molecule has 0 atom stereocenters. The summed E-state index contributed by atoms with van der Waals surface area (Å²) in [6, 6.07) is 7.26. The lowest BCUT2D eigenvalue weighted by Crippen LogP contribution is -2.36.